The molecule has 0 radical (unpaired) electrons. The van der Waals surface area contributed by atoms with E-state index in [1.807, 2.05) is 30.4 Å². The Morgan fingerprint density at radius 3 is 2.48 bits per heavy atom. The predicted octanol–water partition coefficient (Wildman–Crippen LogP) is 2.03. The zero-order valence-corrected chi connectivity index (χ0v) is 15.7. The molecule has 1 heterocycles. The quantitative estimate of drug-likeness (QED) is 0.482. The topological polar surface area (TPSA) is 87.0 Å². The van der Waals surface area contributed by atoms with Gasteiger partial charge in [-0.3, -0.25) is 4.79 Å². The highest BCUT2D eigenvalue weighted by Crippen LogP contribution is 2.51. The smallest absolute Gasteiger partial charge is 0.308 e. The van der Waals surface area contributed by atoms with Crippen LogP contribution in [0.3, 0.4) is 0 Å². The van der Waals surface area contributed by atoms with E-state index in [0.29, 0.717) is 12.8 Å². The first-order valence-electron chi connectivity index (χ1n) is 8.28. The van der Waals surface area contributed by atoms with Crippen LogP contribution < -0.4 is 0 Å². The molecule has 0 saturated carbocycles. The van der Waals surface area contributed by atoms with Crippen molar-refractivity contribution in [3.8, 4) is 0 Å². The number of aliphatic hydroxyl groups excluding tert-OH is 3. The second-order valence-corrected chi connectivity index (χ2v) is 9.27. The molecular weight excluding hydrogens is 336 g/mol. The van der Waals surface area contributed by atoms with Gasteiger partial charge in [-0.2, -0.15) is 0 Å². The highest BCUT2D eigenvalue weighted by atomic mass is 32.2. The molecule has 7 heteroatoms. The van der Waals surface area contributed by atoms with Crippen LogP contribution in [0.25, 0.3) is 0 Å². The number of hydrogen-bond acceptors (Lipinski definition) is 7. The first kappa shape index (κ1) is 21.1. The number of thioether (sulfide) groups is 2. The Labute approximate surface area is 147 Å². The summed E-state index contributed by atoms with van der Waals surface area (Å²) in [5.74, 6) is 1.68. The van der Waals surface area contributed by atoms with Crippen LogP contribution in [0.2, 0.25) is 0 Å². The van der Waals surface area contributed by atoms with Gasteiger partial charge in [0.2, 0.25) is 0 Å². The lowest BCUT2D eigenvalue weighted by molar-refractivity contribution is -0.142. The summed E-state index contributed by atoms with van der Waals surface area (Å²) in [5.41, 5.74) is 0. The van der Waals surface area contributed by atoms with Gasteiger partial charge < -0.3 is 20.1 Å². The van der Waals surface area contributed by atoms with Gasteiger partial charge in [0.1, 0.15) is 0 Å². The Hall–Kier alpha value is 0.0500. The summed E-state index contributed by atoms with van der Waals surface area (Å²) < 4.78 is 4.53. The summed E-state index contributed by atoms with van der Waals surface area (Å²) in [5, 5.41) is 29.6. The Morgan fingerprint density at radius 1 is 1.30 bits per heavy atom. The molecule has 1 aliphatic rings. The fourth-order valence-corrected chi connectivity index (χ4v) is 6.25. The molecule has 0 aliphatic carbocycles. The third kappa shape index (κ3) is 7.22. The molecule has 0 bridgehead atoms. The molecule has 0 aromatic rings. The molecule has 3 atom stereocenters. The van der Waals surface area contributed by atoms with Crippen LogP contribution in [0.15, 0.2) is 0 Å². The summed E-state index contributed by atoms with van der Waals surface area (Å²) in [7, 11) is 1.32. The molecule has 1 rings (SSSR count). The van der Waals surface area contributed by atoms with E-state index < -0.39 is 12.2 Å². The van der Waals surface area contributed by atoms with E-state index >= 15 is 0 Å². The minimum Gasteiger partial charge on any atom is -0.469 e. The lowest BCUT2D eigenvalue weighted by Gasteiger charge is -2.32. The number of aliphatic hydroxyl groups is 3. The number of rotatable bonds is 11. The van der Waals surface area contributed by atoms with E-state index in [2.05, 4.69) is 4.74 Å². The summed E-state index contributed by atoms with van der Waals surface area (Å²) in [4.78, 5) is 11.1. The molecule has 0 aromatic heterocycles. The lowest BCUT2D eigenvalue weighted by atomic mass is 9.94. The van der Waals surface area contributed by atoms with Crippen molar-refractivity contribution >= 4 is 29.5 Å². The maximum absolute atomic E-state index is 11.1. The fourth-order valence-electron chi connectivity index (χ4n) is 2.85. The standard InChI is InChI=1S/C16H30O5S2/c1-3-12(11-17)14(19)10-16(22-7-8-23-16)6-4-5-13(18)9-15(20)21-2/h12-14,17-19H,3-11H2,1-2H3/t12-,13+,14-/m1/s1. The number of hydrogen-bond donors (Lipinski definition) is 3. The van der Waals surface area contributed by atoms with Crippen molar-refractivity contribution in [2.75, 3.05) is 25.2 Å². The highest BCUT2D eigenvalue weighted by molar-refractivity contribution is 8.21. The molecule has 23 heavy (non-hydrogen) atoms. The summed E-state index contributed by atoms with van der Waals surface area (Å²) >= 11 is 3.75. The fraction of sp³-hybridized carbons (Fsp3) is 0.938. The van der Waals surface area contributed by atoms with Gasteiger partial charge in [-0.05, 0) is 32.1 Å². The molecule has 136 valence electrons. The molecule has 1 aliphatic heterocycles. The molecule has 3 N–H and O–H groups in total. The second kappa shape index (κ2) is 10.8. The number of methoxy groups -OCH3 is 1. The lowest BCUT2D eigenvalue weighted by Crippen LogP contribution is -2.32. The monoisotopic (exact) mass is 366 g/mol. The van der Waals surface area contributed by atoms with Crippen LogP contribution in [0.5, 0.6) is 0 Å². The van der Waals surface area contributed by atoms with Gasteiger partial charge in [-0.25, -0.2) is 0 Å². The van der Waals surface area contributed by atoms with E-state index in [-0.39, 0.29) is 29.0 Å². The molecule has 0 aromatic carbocycles. The minimum absolute atomic E-state index is 0.0148. The SMILES string of the molecule is CC[C@H](CO)[C@H](O)CC1(CCC[C@H](O)CC(=O)OC)SCCS1. The predicted molar refractivity (Wildman–Crippen MR) is 95.6 cm³/mol. The largest absolute Gasteiger partial charge is 0.469 e. The Morgan fingerprint density at radius 2 is 1.96 bits per heavy atom. The van der Waals surface area contributed by atoms with Crippen molar-refractivity contribution < 1.29 is 24.9 Å². The molecule has 1 saturated heterocycles. The molecular formula is C16H30O5S2. The Kier molecular flexibility index (Phi) is 9.92. The maximum atomic E-state index is 11.1. The third-order valence-electron chi connectivity index (χ3n) is 4.36. The highest BCUT2D eigenvalue weighted by Gasteiger charge is 2.38. The number of carbonyl (C=O) groups is 1. The Bertz CT molecular complexity index is 343. The van der Waals surface area contributed by atoms with Gasteiger partial charge in [0.05, 0.1) is 29.8 Å². The first-order valence-corrected chi connectivity index (χ1v) is 10.2. The Balaban J connectivity index is 2.46. The molecule has 1 fully saturated rings. The normalized spacial score (nSPS) is 20.9. The van der Waals surface area contributed by atoms with E-state index in [4.69, 9.17) is 0 Å². The van der Waals surface area contributed by atoms with E-state index in [9.17, 15) is 20.1 Å². The van der Waals surface area contributed by atoms with Crippen molar-refractivity contribution in [1.29, 1.82) is 0 Å². The summed E-state index contributed by atoms with van der Waals surface area (Å²) in [6.45, 7) is 2.00. The van der Waals surface area contributed by atoms with Gasteiger partial charge >= 0.3 is 5.97 Å². The van der Waals surface area contributed by atoms with E-state index in [0.717, 1.165) is 30.8 Å². The number of carbonyl (C=O) groups excluding carboxylic acids is 1. The average Bonchev–Trinajstić information content (AvgIpc) is 2.96. The van der Waals surface area contributed by atoms with Crippen molar-refractivity contribution in [3.05, 3.63) is 0 Å². The summed E-state index contributed by atoms with van der Waals surface area (Å²) in [6, 6.07) is 0. The van der Waals surface area contributed by atoms with Crippen LogP contribution in [-0.2, 0) is 9.53 Å². The van der Waals surface area contributed by atoms with Crippen LogP contribution in [0, 0.1) is 5.92 Å². The number of esters is 1. The van der Waals surface area contributed by atoms with Gasteiger partial charge in [0.15, 0.2) is 0 Å². The maximum Gasteiger partial charge on any atom is 0.308 e. The van der Waals surface area contributed by atoms with Gasteiger partial charge in [-0.15, -0.1) is 23.5 Å². The van der Waals surface area contributed by atoms with E-state index in [1.165, 1.54) is 7.11 Å². The first-order chi connectivity index (χ1) is 11.0. The van der Waals surface area contributed by atoms with Gasteiger partial charge in [-0.1, -0.05) is 6.92 Å². The van der Waals surface area contributed by atoms with Crippen molar-refractivity contribution in [1.82, 2.24) is 0 Å². The second-order valence-electron chi connectivity index (χ2n) is 6.06. The minimum atomic E-state index is -0.665. The zero-order valence-electron chi connectivity index (χ0n) is 14.1. The van der Waals surface area contributed by atoms with Crippen LogP contribution in [-0.4, -0.2) is 62.8 Å². The molecule has 5 nitrogen and oxygen atoms in total. The van der Waals surface area contributed by atoms with Crippen molar-refractivity contribution in [2.24, 2.45) is 5.92 Å². The number of ether oxygens (including phenoxy) is 1. The average molecular weight is 367 g/mol. The van der Waals surface area contributed by atoms with Crippen molar-refractivity contribution in [2.45, 2.75) is 61.7 Å². The van der Waals surface area contributed by atoms with Crippen LogP contribution in [0.1, 0.15) is 45.4 Å². The van der Waals surface area contributed by atoms with Gasteiger partial charge in [0.25, 0.3) is 0 Å². The molecule has 0 unspecified atom stereocenters. The van der Waals surface area contributed by atoms with E-state index in [1.54, 1.807) is 0 Å². The van der Waals surface area contributed by atoms with Crippen molar-refractivity contribution in [3.63, 3.8) is 0 Å². The zero-order chi connectivity index (χ0) is 17.3. The summed E-state index contributed by atoms with van der Waals surface area (Å²) in [6.07, 6.45) is 2.56. The van der Waals surface area contributed by atoms with Crippen LogP contribution >= 0.6 is 23.5 Å². The van der Waals surface area contributed by atoms with Crippen LogP contribution in [0.4, 0.5) is 0 Å². The van der Waals surface area contributed by atoms with Gasteiger partial charge in [0, 0.05) is 24.0 Å². The molecule has 0 spiro atoms. The molecule has 0 amide bonds. The third-order valence-corrected chi connectivity index (χ3v) is 7.94.